The average Bonchev–Trinajstić information content (AvgIpc) is 2.47. The Hall–Kier alpha value is -1.70. The number of nitrogens with zero attached hydrogens (tertiary/aromatic N) is 2. The molecule has 0 amide bonds. The zero-order chi connectivity index (χ0) is 14.5. The minimum absolute atomic E-state index is 0.0318. The van der Waals surface area contributed by atoms with Crippen LogP contribution in [0.15, 0.2) is 18.2 Å². The number of hydrogen-bond donors (Lipinski definition) is 1. The molecule has 1 aliphatic heterocycles. The van der Waals surface area contributed by atoms with Gasteiger partial charge in [-0.3, -0.25) is 15.0 Å². The zero-order valence-corrected chi connectivity index (χ0v) is 11.4. The van der Waals surface area contributed by atoms with Crippen molar-refractivity contribution in [1.29, 1.82) is 0 Å². The van der Waals surface area contributed by atoms with E-state index in [0.29, 0.717) is 25.4 Å². The SMILES string of the molecule is COc1cc(CN2CCOC(CN)C2)cc([N+](=O)[O-])c1. The molecule has 0 radical (unpaired) electrons. The largest absolute Gasteiger partial charge is 0.496 e. The second-order valence-electron chi connectivity index (χ2n) is 4.76. The van der Waals surface area contributed by atoms with Crippen LogP contribution in [-0.4, -0.2) is 49.3 Å². The van der Waals surface area contributed by atoms with Crippen LogP contribution in [-0.2, 0) is 11.3 Å². The minimum atomic E-state index is -0.409. The van der Waals surface area contributed by atoms with Gasteiger partial charge in [0.05, 0.1) is 30.8 Å². The highest BCUT2D eigenvalue weighted by Gasteiger charge is 2.20. The number of ether oxygens (including phenoxy) is 2. The molecule has 0 saturated carbocycles. The number of benzene rings is 1. The molecule has 0 aliphatic carbocycles. The molecule has 1 aromatic carbocycles. The summed E-state index contributed by atoms with van der Waals surface area (Å²) in [6.45, 7) is 3.27. The summed E-state index contributed by atoms with van der Waals surface area (Å²) >= 11 is 0. The maximum Gasteiger partial charge on any atom is 0.273 e. The Morgan fingerprint density at radius 3 is 3.00 bits per heavy atom. The number of nitrogens with two attached hydrogens (primary N) is 1. The van der Waals surface area contributed by atoms with Crippen LogP contribution in [0.5, 0.6) is 5.75 Å². The highest BCUT2D eigenvalue weighted by Crippen LogP contribution is 2.24. The highest BCUT2D eigenvalue weighted by molar-refractivity contribution is 5.42. The van der Waals surface area contributed by atoms with Crippen molar-refractivity contribution in [3.8, 4) is 5.75 Å². The van der Waals surface area contributed by atoms with Gasteiger partial charge >= 0.3 is 0 Å². The van der Waals surface area contributed by atoms with E-state index in [0.717, 1.165) is 18.7 Å². The fraction of sp³-hybridized carbons (Fsp3) is 0.538. The predicted molar refractivity (Wildman–Crippen MR) is 73.7 cm³/mol. The molecule has 1 aliphatic rings. The van der Waals surface area contributed by atoms with Gasteiger partial charge in [0.2, 0.25) is 0 Å². The summed E-state index contributed by atoms with van der Waals surface area (Å²) in [7, 11) is 1.50. The summed E-state index contributed by atoms with van der Waals surface area (Å²) < 4.78 is 10.6. The summed E-state index contributed by atoms with van der Waals surface area (Å²) in [5, 5.41) is 10.9. The molecule has 0 aromatic heterocycles. The van der Waals surface area contributed by atoms with Gasteiger partial charge in [-0.05, 0) is 11.6 Å². The molecule has 7 nitrogen and oxygen atoms in total. The Kier molecular flexibility index (Phi) is 4.89. The van der Waals surface area contributed by atoms with Gasteiger partial charge in [0.1, 0.15) is 5.75 Å². The maximum absolute atomic E-state index is 10.9. The smallest absolute Gasteiger partial charge is 0.273 e. The summed E-state index contributed by atoms with van der Waals surface area (Å²) in [5.74, 6) is 0.498. The first-order valence-corrected chi connectivity index (χ1v) is 6.48. The van der Waals surface area contributed by atoms with E-state index in [9.17, 15) is 10.1 Å². The zero-order valence-electron chi connectivity index (χ0n) is 11.4. The minimum Gasteiger partial charge on any atom is -0.496 e. The van der Waals surface area contributed by atoms with Gasteiger partial charge in [0.25, 0.3) is 5.69 Å². The Bertz CT molecular complexity index is 481. The number of rotatable bonds is 5. The molecule has 0 spiro atoms. The number of non-ortho nitro benzene ring substituents is 1. The van der Waals surface area contributed by atoms with Crippen LogP contribution < -0.4 is 10.5 Å². The second kappa shape index (κ2) is 6.65. The van der Waals surface area contributed by atoms with Gasteiger partial charge < -0.3 is 15.2 Å². The normalized spacial score (nSPS) is 19.8. The van der Waals surface area contributed by atoms with E-state index >= 15 is 0 Å². The van der Waals surface area contributed by atoms with E-state index in [1.54, 1.807) is 6.07 Å². The van der Waals surface area contributed by atoms with Crippen molar-refractivity contribution in [2.45, 2.75) is 12.6 Å². The molecule has 2 N–H and O–H groups in total. The molecule has 20 heavy (non-hydrogen) atoms. The second-order valence-corrected chi connectivity index (χ2v) is 4.76. The molecule has 7 heteroatoms. The fourth-order valence-electron chi connectivity index (χ4n) is 2.28. The Morgan fingerprint density at radius 2 is 2.35 bits per heavy atom. The Balaban J connectivity index is 2.11. The molecule has 0 bridgehead atoms. The molecule has 1 heterocycles. The third-order valence-electron chi connectivity index (χ3n) is 3.29. The van der Waals surface area contributed by atoms with Crippen molar-refractivity contribution in [3.05, 3.63) is 33.9 Å². The fourth-order valence-corrected chi connectivity index (χ4v) is 2.28. The van der Waals surface area contributed by atoms with E-state index in [2.05, 4.69) is 4.90 Å². The van der Waals surface area contributed by atoms with E-state index in [1.807, 2.05) is 6.07 Å². The maximum atomic E-state index is 10.9. The lowest BCUT2D eigenvalue weighted by Gasteiger charge is -2.32. The van der Waals surface area contributed by atoms with Crippen LogP contribution in [0.1, 0.15) is 5.56 Å². The van der Waals surface area contributed by atoms with Gasteiger partial charge in [0.15, 0.2) is 0 Å². The van der Waals surface area contributed by atoms with Gasteiger partial charge in [-0.1, -0.05) is 0 Å². The third-order valence-corrected chi connectivity index (χ3v) is 3.29. The first-order chi connectivity index (χ1) is 9.62. The lowest BCUT2D eigenvalue weighted by molar-refractivity contribution is -0.385. The highest BCUT2D eigenvalue weighted by atomic mass is 16.6. The molecule has 1 saturated heterocycles. The van der Waals surface area contributed by atoms with Crippen LogP contribution in [0.25, 0.3) is 0 Å². The molecule has 110 valence electrons. The Morgan fingerprint density at radius 1 is 1.55 bits per heavy atom. The van der Waals surface area contributed by atoms with Gasteiger partial charge in [0, 0.05) is 32.2 Å². The summed E-state index contributed by atoms with van der Waals surface area (Å²) in [4.78, 5) is 12.7. The van der Waals surface area contributed by atoms with Crippen molar-refractivity contribution in [3.63, 3.8) is 0 Å². The lowest BCUT2D eigenvalue weighted by atomic mass is 10.1. The lowest BCUT2D eigenvalue weighted by Crippen LogP contribution is -2.45. The number of nitro groups is 1. The average molecular weight is 281 g/mol. The van der Waals surface area contributed by atoms with Crippen LogP contribution in [0, 0.1) is 10.1 Å². The van der Waals surface area contributed by atoms with Crippen LogP contribution in [0.4, 0.5) is 5.69 Å². The first kappa shape index (κ1) is 14.7. The number of methoxy groups -OCH3 is 1. The summed E-state index contributed by atoms with van der Waals surface area (Å²) in [5.41, 5.74) is 6.51. The van der Waals surface area contributed by atoms with E-state index in [1.165, 1.54) is 13.2 Å². The summed E-state index contributed by atoms with van der Waals surface area (Å²) in [6, 6.07) is 4.82. The van der Waals surface area contributed by atoms with Crippen LogP contribution in [0.2, 0.25) is 0 Å². The molecule has 1 atom stereocenters. The van der Waals surface area contributed by atoms with Gasteiger partial charge in [-0.2, -0.15) is 0 Å². The van der Waals surface area contributed by atoms with Gasteiger partial charge in [-0.15, -0.1) is 0 Å². The molecular weight excluding hydrogens is 262 g/mol. The molecule has 1 aromatic rings. The van der Waals surface area contributed by atoms with Crippen molar-refractivity contribution in [1.82, 2.24) is 4.90 Å². The van der Waals surface area contributed by atoms with Crippen molar-refractivity contribution < 1.29 is 14.4 Å². The first-order valence-electron chi connectivity index (χ1n) is 6.48. The molecule has 1 unspecified atom stereocenters. The Labute approximate surface area is 117 Å². The molecule has 2 rings (SSSR count). The topological polar surface area (TPSA) is 90.9 Å². The number of hydrogen-bond acceptors (Lipinski definition) is 6. The van der Waals surface area contributed by atoms with Crippen LogP contribution in [0.3, 0.4) is 0 Å². The van der Waals surface area contributed by atoms with Crippen molar-refractivity contribution in [2.75, 3.05) is 33.4 Å². The standard InChI is InChI=1S/C13H19N3O4/c1-19-12-5-10(4-11(6-12)16(17)18)8-15-2-3-20-13(7-14)9-15/h4-6,13H,2-3,7-9,14H2,1H3. The molecule has 1 fully saturated rings. The number of morpholine rings is 1. The van der Waals surface area contributed by atoms with E-state index < -0.39 is 4.92 Å². The molecular formula is C13H19N3O4. The summed E-state index contributed by atoms with van der Waals surface area (Å²) in [6.07, 6.45) is 0.0318. The van der Waals surface area contributed by atoms with Crippen molar-refractivity contribution >= 4 is 5.69 Å². The van der Waals surface area contributed by atoms with E-state index in [-0.39, 0.29) is 11.8 Å². The quantitative estimate of drug-likeness (QED) is 0.633. The van der Waals surface area contributed by atoms with Crippen molar-refractivity contribution in [2.24, 2.45) is 5.73 Å². The third kappa shape index (κ3) is 3.66. The monoisotopic (exact) mass is 281 g/mol. The van der Waals surface area contributed by atoms with E-state index in [4.69, 9.17) is 15.2 Å². The van der Waals surface area contributed by atoms with Crippen LogP contribution >= 0.6 is 0 Å². The van der Waals surface area contributed by atoms with Gasteiger partial charge in [-0.25, -0.2) is 0 Å². The number of nitro benzene ring substituents is 1. The predicted octanol–water partition coefficient (Wildman–Crippen LogP) is 0.763.